The maximum atomic E-state index is 12.4. The van der Waals surface area contributed by atoms with Crippen LogP contribution in [-0.2, 0) is 17.6 Å². The number of fused-ring (bicyclic) bond motifs is 1. The molecule has 5 nitrogen and oxygen atoms in total. The standard InChI is InChI=1S/C18H20N2O3S/c1-3-23-18(22)15-13-7-6-11(2)9-14(13)24-17(15)20-16(21)12-5-4-8-19-10-12/h4-5,8,10-11H,3,6-7,9H2,1-2H3,(H,20,21). The maximum absolute atomic E-state index is 12.4. The zero-order chi connectivity index (χ0) is 17.1. The molecule has 1 amide bonds. The molecule has 24 heavy (non-hydrogen) atoms. The topological polar surface area (TPSA) is 68.3 Å². The molecule has 1 N–H and O–H groups in total. The number of carbonyl (C=O) groups is 2. The van der Waals surface area contributed by atoms with Crippen LogP contribution in [0.25, 0.3) is 0 Å². The fourth-order valence-electron chi connectivity index (χ4n) is 2.93. The lowest BCUT2D eigenvalue weighted by Gasteiger charge is -2.18. The third-order valence-corrected chi connectivity index (χ3v) is 5.31. The van der Waals surface area contributed by atoms with Gasteiger partial charge in [-0.15, -0.1) is 11.3 Å². The fraction of sp³-hybridized carbons (Fsp3) is 0.389. The largest absolute Gasteiger partial charge is 0.462 e. The van der Waals surface area contributed by atoms with E-state index in [1.165, 1.54) is 22.4 Å². The molecule has 0 spiro atoms. The quantitative estimate of drug-likeness (QED) is 0.859. The fourth-order valence-corrected chi connectivity index (χ4v) is 4.32. The number of ether oxygens (including phenoxy) is 1. The average Bonchev–Trinajstić information content (AvgIpc) is 2.92. The van der Waals surface area contributed by atoms with E-state index in [4.69, 9.17) is 4.74 Å². The summed E-state index contributed by atoms with van der Waals surface area (Å²) in [6.07, 6.45) is 5.96. The van der Waals surface area contributed by atoms with Crippen LogP contribution in [0.15, 0.2) is 24.5 Å². The minimum absolute atomic E-state index is 0.264. The monoisotopic (exact) mass is 344 g/mol. The molecule has 6 heteroatoms. The molecule has 2 aromatic heterocycles. The van der Waals surface area contributed by atoms with Crippen molar-refractivity contribution in [2.75, 3.05) is 11.9 Å². The third-order valence-electron chi connectivity index (χ3n) is 4.14. The highest BCUT2D eigenvalue weighted by atomic mass is 32.1. The molecular weight excluding hydrogens is 324 g/mol. The zero-order valence-corrected chi connectivity index (χ0v) is 14.6. The lowest BCUT2D eigenvalue weighted by atomic mass is 9.88. The molecule has 2 aromatic rings. The number of hydrogen-bond donors (Lipinski definition) is 1. The summed E-state index contributed by atoms with van der Waals surface area (Å²) in [4.78, 5) is 30.0. The molecule has 0 bridgehead atoms. The van der Waals surface area contributed by atoms with Crippen LogP contribution in [0.5, 0.6) is 0 Å². The van der Waals surface area contributed by atoms with Gasteiger partial charge in [-0.25, -0.2) is 4.79 Å². The minimum Gasteiger partial charge on any atom is -0.462 e. The summed E-state index contributed by atoms with van der Waals surface area (Å²) in [5.74, 6) is -0.0283. The van der Waals surface area contributed by atoms with Crippen LogP contribution < -0.4 is 5.32 Å². The number of amides is 1. The number of hydrogen-bond acceptors (Lipinski definition) is 5. The van der Waals surface area contributed by atoms with Crippen molar-refractivity contribution in [2.24, 2.45) is 5.92 Å². The van der Waals surface area contributed by atoms with Gasteiger partial charge in [0.05, 0.1) is 17.7 Å². The van der Waals surface area contributed by atoms with Crippen LogP contribution >= 0.6 is 11.3 Å². The molecular formula is C18H20N2O3S. The Morgan fingerprint density at radius 1 is 1.46 bits per heavy atom. The van der Waals surface area contributed by atoms with Gasteiger partial charge in [-0.1, -0.05) is 6.92 Å². The molecule has 0 radical (unpaired) electrons. The Balaban J connectivity index is 1.94. The SMILES string of the molecule is CCOC(=O)c1c(NC(=O)c2cccnc2)sc2c1CCC(C)C2. The van der Waals surface area contributed by atoms with Crippen LogP contribution in [-0.4, -0.2) is 23.5 Å². The van der Waals surface area contributed by atoms with Crippen molar-refractivity contribution in [1.82, 2.24) is 4.98 Å². The Bertz CT molecular complexity index is 755. The van der Waals surface area contributed by atoms with Gasteiger partial charge in [-0.2, -0.15) is 0 Å². The van der Waals surface area contributed by atoms with E-state index in [2.05, 4.69) is 17.2 Å². The maximum Gasteiger partial charge on any atom is 0.341 e. The normalized spacial score (nSPS) is 16.3. The molecule has 1 atom stereocenters. The van der Waals surface area contributed by atoms with E-state index in [1.807, 2.05) is 0 Å². The Morgan fingerprint density at radius 3 is 3.00 bits per heavy atom. The first-order valence-electron chi connectivity index (χ1n) is 8.13. The van der Waals surface area contributed by atoms with Crippen LogP contribution in [0.2, 0.25) is 0 Å². The average molecular weight is 344 g/mol. The summed E-state index contributed by atoms with van der Waals surface area (Å²) in [6, 6.07) is 3.41. The first-order chi connectivity index (χ1) is 11.6. The molecule has 1 aliphatic rings. The van der Waals surface area contributed by atoms with Gasteiger partial charge >= 0.3 is 5.97 Å². The number of esters is 1. The summed E-state index contributed by atoms with van der Waals surface area (Å²) in [5.41, 5.74) is 2.03. The lowest BCUT2D eigenvalue weighted by molar-refractivity contribution is 0.0526. The van der Waals surface area contributed by atoms with Crippen molar-refractivity contribution in [3.8, 4) is 0 Å². The number of thiophene rings is 1. The minimum atomic E-state index is -0.356. The smallest absolute Gasteiger partial charge is 0.341 e. The number of nitrogens with zero attached hydrogens (tertiary/aromatic N) is 1. The van der Waals surface area contributed by atoms with Crippen molar-refractivity contribution < 1.29 is 14.3 Å². The van der Waals surface area contributed by atoms with Crippen molar-refractivity contribution >= 4 is 28.2 Å². The Kier molecular flexibility index (Phi) is 4.94. The van der Waals surface area contributed by atoms with E-state index in [0.717, 1.165) is 24.8 Å². The highest BCUT2D eigenvalue weighted by Gasteiger charge is 2.29. The molecule has 3 rings (SSSR count). The van der Waals surface area contributed by atoms with Gasteiger partial charge in [0.15, 0.2) is 0 Å². The van der Waals surface area contributed by atoms with Gasteiger partial charge in [0, 0.05) is 17.3 Å². The van der Waals surface area contributed by atoms with Gasteiger partial charge in [0.2, 0.25) is 0 Å². The van der Waals surface area contributed by atoms with Crippen molar-refractivity contribution in [2.45, 2.75) is 33.1 Å². The van der Waals surface area contributed by atoms with Crippen molar-refractivity contribution in [3.05, 3.63) is 46.1 Å². The Hall–Kier alpha value is -2.21. The molecule has 126 valence electrons. The summed E-state index contributed by atoms with van der Waals surface area (Å²) in [7, 11) is 0. The zero-order valence-electron chi connectivity index (χ0n) is 13.8. The van der Waals surface area contributed by atoms with Gasteiger partial charge < -0.3 is 10.1 Å². The highest BCUT2D eigenvalue weighted by molar-refractivity contribution is 7.17. The van der Waals surface area contributed by atoms with Gasteiger partial charge in [0.1, 0.15) is 5.00 Å². The van der Waals surface area contributed by atoms with Crippen molar-refractivity contribution in [1.29, 1.82) is 0 Å². The van der Waals surface area contributed by atoms with E-state index in [1.54, 1.807) is 25.3 Å². The number of nitrogens with one attached hydrogen (secondary N) is 1. The first-order valence-corrected chi connectivity index (χ1v) is 8.94. The van der Waals surface area contributed by atoms with E-state index in [0.29, 0.717) is 28.7 Å². The Morgan fingerprint density at radius 2 is 2.29 bits per heavy atom. The van der Waals surface area contributed by atoms with Crippen LogP contribution in [0.1, 0.15) is 51.4 Å². The van der Waals surface area contributed by atoms with Gasteiger partial charge in [-0.05, 0) is 49.8 Å². The highest BCUT2D eigenvalue weighted by Crippen LogP contribution is 2.40. The second kappa shape index (κ2) is 7.13. The number of rotatable bonds is 4. The van der Waals surface area contributed by atoms with Gasteiger partial charge in [-0.3, -0.25) is 9.78 Å². The second-order valence-corrected chi connectivity index (χ2v) is 7.08. The van der Waals surface area contributed by atoms with E-state index in [9.17, 15) is 9.59 Å². The molecule has 0 saturated heterocycles. The number of aromatic nitrogens is 1. The van der Waals surface area contributed by atoms with Crippen LogP contribution in [0, 0.1) is 5.92 Å². The second-order valence-electron chi connectivity index (χ2n) is 5.97. The summed E-state index contributed by atoms with van der Waals surface area (Å²) >= 11 is 1.49. The lowest BCUT2D eigenvalue weighted by Crippen LogP contribution is -2.16. The van der Waals surface area contributed by atoms with Gasteiger partial charge in [0.25, 0.3) is 5.91 Å². The third kappa shape index (κ3) is 3.33. The van der Waals surface area contributed by atoms with Crippen LogP contribution in [0.4, 0.5) is 5.00 Å². The molecule has 1 aliphatic carbocycles. The first kappa shape index (κ1) is 16.6. The predicted octanol–water partition coefficient (Wildman–Crippen LogP) is 3.70. The van der Waals surface area contributed by atoms with Crippen molar-refractivity contribution in [3.63, 3.8) is 0 Å². The predicted molar refractivity (Wildman–Crippen MR) is 93.7 cm³/mol. The number of anilines is 1. The van der Waals surface area contributed by atoms with E-state index < -0.39 is 0 Å². The summed E-state index contributed by atoms with van der Waals surface area (Å²) in [6.45, 7) is 4.31. The summed E-state index contributed by atoms with van der Waals surface area (Å²) in [5, 5.41) is 3.46. The molecule has 0 saturated carbocycles. The molecule has 0 aromatic carbocycles. The number of pyridine rings is 1. The van der Waals surface area contributed by atoms with E-state index in [-0.39, 0.29) is 11.9 Å². The molecule has 1 unspecified atom stereocenters. The summed E-state index contributed by atoms with van der Waals surface area (Å²) < 4.78 is 5.21. The number of carbonyl (C=O) groups excluding carboxylic acids is 2. The van der Waals surface area contributed by atoms with E-state index >= 15 is 0 Å². The van der Waals surface area contributed by atoms with Crippen LogP contribution in [0.3, 0.4) is 0 Å². The Labute approximate surface area is 145 Å². The molecule has 0 aliphatic heterocycles. The molecule has 2 heterocycles. The molecule has 0 fully saturated rings.